The van der Waals surface area contributed by atoms with Crippen LogP contribution in [0.4, 0.5) is 18.9 Å². The van der Waals surface area contributed by atoms with Crippen LogP contribution in [-0.2, 0) is 4.79 Å². The molecule has 0 saturated carbocycles. The Morgan fingerprint density at radius 1 is 1.44 bits per heavy atom. The number of halogens is 4. The number of anilines is 1. The molecule has 3 N–H and O–H groups in total. The smallest absolute Gasteiger partial charge is 0.387 e. The summed E-state index contributed by atoms with van der Waals surface area (Å²) in [6.07, 6.45) is 0. The van der Waals surface area contributed by atoms with E-state index in [1.165, 1.54) is 13.0 Å². The number of hydrogen-bond acceptors (Lipinski definition) is 3. The van der Waals surface area contributed by atoms with Crippen LogP contribution in [0.2, 0.25) is 0 Å². The lowest BCUT2D eigenvalue weighted by Crippen LogP contribution is -2.32. The molecule has 0 fully saturated rings. The summed E-state index contributed by atoms with van der Waals surface area (Å²) in [6.45, 7) is -1.64. The van der Waals surface area contributed by atoms with Crippen LogP contribution < -0.4 is 15.8 Å². The van der Waals surface area contributed by atoms with E-state index in [1.807, 2.05) is 0 Å². The van der Waals surface area contributed by atoms with E-state index in [-0.39, 0.29) is 18.1 Å². The number of nitrogens with one attached hydrogen (secondary N) is 1. The first-order chi connectivity index (χ1) is 7.90. The van der Waals surface area contributed by atoms with Gasteiger partial charge in [-0.2, -0.15) is 8.78 Å². The first kappa shape index (κ1) is 16.5. The summed E-state index contributed by atoms with van der Waals surface area (Å²) in [5, 5.41) is 2.32. The minimum atomic E-state index is -3.10. The minimum Gasteiger partial charge on any atom is -0.432 e. The molecule has 1 amide bonds. The van der Waals surface area contributed by atoms with Gasteiger partial charge in [-0.05, 0) is 19.1 Å². The lowest BCUT2D eigenvalue weighted by atomic mass is 10.2. The number of carbonyl (C=O) groups excluding carboxylic acids is 1. The minimum absolute atomic E-state index is 0. The number of nitrogens with two attached hydrogens (primary N) is 1. The second kappa shape index (κ2) is 7.07. The lowest BCUT2D eigenvalue weighted by Gasteiger charge is -2.10. The standard InChI is InChI=1S/C10H11F3N2O2.ClH/c1-5(14)9(16)15-6-2-3-8(7(11)4-6)17-10(12)13;/h2-5,10H,14H2,1H3,(H,15,16);1H. The van der Waals surface area contributed by atoms with E-state index in [9.17, 15) is 18.0 Å². The van der Waals surface area contributed by atoms with E-state index in [4.69, 9.17) is 5.73 Å². The Morgan fingerprint density at radius 2 is 2.06 bits per heavy atom. The van der Waals surface area contributed by atoms with Gasteiger partial charge in [0.2, 0.25) is 5.91 Å². The van der Waals surface area contributed by atoms with E-state index in [0.717, 1.165) is 12.1 Å². The zero-order chi connectivity index (χ0) is 13.0. The predicted molar refractivity (Wildman–Crippen MR) is 62.6 cm³/mol. The van der Waals surface area contributed by atoms with Gasteiger partial charge in [-0.15, -0.1) is 12.4 Å². The van der Waals surface area contributed by atoms with Crippen molar-refractivity contribution in [3.05, 3.63) is 24.0 Å². The van der Waals surface area contributed by atoms with Crippen molar-refractivity contribution in [1.29, 1.82) is 0 Å². The van der Waals surface area contributed by atoms with Gasteiger partial charge in [-0.1, -0.05) is 0 Å². The second-order valence-corrected chi connectivity index (χ2v) is 3.30. The maximum Gasteiger partial charge on any atom is 0.387 e. The van der Waals surface area contributed by atoms with E-state index in [2.05, 4.69) is 10.1 Å². The topological polar surface area (TPSA) is 64.4 Å². The highest BCUT2D eigenvalue weighted by Crippen LogP contribution is 2.22. The molecule has 0 heterocycles. The van der Waals surface area contributed by atoms with Crippen molar-refractivity contribution < 1.29 is 22.7 Å². The molecule has 4 nitrogen and oxygen atoms in total. The fourth-order valence-electron chi connectivity index (χ4n) is 1.03. The summed E-state index contributed by atoms with van der Waals surface area (Å²) in [4.78, 5) is 11.2. The molecule has 1 unspecified atom stereocenters. The molecule has 0 saturated heterocycles. The number of amides is 1. The normalized spacial score (nSPS) is 11.7. The van der Waals surface area contributed by atoms with Crippen LogP contribution in [-0.4, -0.2) is 18.6 Å². The SMILES string of the molecule is CC(N)C(=O)Nc1ccc(OC(F)F)c(F)c1.Cl. The molecular formula is C10H12ClF3N2O2. The van der Waals surface area contributed by atoms with Crippen molar-refractivity contribution >= 4 is 24.0 Å². The first-order valence-corrected chi connectivity index (χ1v) is 4.71. The van der Waals surface area contributed by atoms with Crippen molar-refractivity contribution in [2.45, 2.75) is 19.6 Å². The molecule has 18 heavy (non-hydrogen) atoms. The highest BCUT2D eigenvalue weighted by atomic mass is 35.5. The molecule has 0 spiro atoms. The van der Waals surface area contributed by atoms with Crippen molar-refractivity contribution in [2.75, 3.05) is 5.32 Å². The van der Waals surface area contributed by atoms with Gasteiger partial charge in [0.1, 0.15) is 0 Å². The summed E-state index contributed by atoms with van der Waals surface area (Å²) < 4.78 is 40.8. The number of alkyl halides is 2. The summed E-state index contributed by atoms with van der Waals surface area (Å²) in [5.41, 5.74) is 5.41. The third-order valence-corrected chi connectivity index (χ3v) is 1.83. The van der Waals surface area contributed by atoms with Crippen LogP contribution in [0.5, 0.6) is 5.75 Å². The molecule has 0 aromatic heterocycles. The molecule has 0 aliphatic rings. The quantitative estimate of drug-likeness (QED) is 0.890. The Labute approximate surface area is 108 Å². The zero-order valence-corrected chi connectivity index (χ0v) is 10.1. The highest BCUT2D eigenvalue weighted by Gasteiger charge is 2.12. The number of hydrogen-bond donors (Lipinski definition) is 2. The predicted octanol–water partition coefficient (Wildman–Crippen LogP) is 2.13. The van der Waals surface area contributed by atoms with E-state index in [0.29, 0.717) is 0 Å². The summed E-state index contributed by atoms with van der Waals surface area (Å²) in [5.74, 6) is -2.08. The van der Waals surface area contributed by atoms with E-state index < -0.39 is 30.1 Å². The van der Waals surface area contributed by atoms with Gasteiger partial charge in [0.05, 0.1) is 6.04 Å². The second-order valence-electron chi connectivity index (χ2n) is 3.30. The maximum atomic E-state index is 13.2. The Balaban J connectivity index is 0.00000289. The van der Waals surface area contributed by atoms with Crippen LogP contribution in [0, 0.1) is 5.82 Å². The zero-order valence-electron chi connectivity index (χ0n) is 9.32. The molecule has 1 aromatic carbocycles. The molecule has 1 atom stereocenters. The van der Waals surface area contributed by atoms with Crippen LogP contribution in [0.3, 0.4) is 0 Å². The first-order valence-electron chi connectivity index (χ1n) is 4.71. The van der Waals surface area contributed by atoms with Gasteiger partial charge in [-0.3, -0.25) is 4.79 Å². The molecule has 0 aliphatic heterocycles. The third kappa shape index (κ3) is 4.80. The summed E-state index contributed by atoms with van der Waals surface area (Å²) >= 11 is 0. The van der Waals surface area contributed by atoms with Crippen LogP contribution >= 0.6 is 12.4 Å². The number of benzene rings is 1. The van der Waals surface area contributed by atoms with Crippen molar-refractivity contribution in [2.24, 2.45) is 5.73 Å². The van der Waals surface area contributed by atoms with Gasteiger partial charge < -0.3 is 15.8 Å². The Hall–Kier alpha value is -1.47. The molecule has 0 bridgehead atoms. The summed E-state index contributed by atoms with van der Waals surface area (Å²) in [7, 11) is 0. The van der Waals surface area contributed by atoms with Crippen LogP contribution in [0.1, 0.15) is 6.92 Å². The molecule has 0 aliphatic carbocycles. The van der Waals surface area contributed by atoms with Gasteiger partial charge in [0.15, 0.2) is 11.6 Å². The molecular weight excluding hydrogens is 273 g/mol. The third-order valence-electron chi connectivity index (χ3n) is 1.83. The average Bonchev–Trinajstić information content (AvgIpc) is 2.21. The Morgan fingerprint density at radius 3 is 2.50 bits per heavy atom. The van der Waals surface area contributed by atoms with Crippen molar-refractivity contribution in [3.63, 3.8) is 0 Å². The van der Waals surface area contributed by atoms with Gasteiger partial charge in [0, 0.05) is 11.8 Å². The summed E-state index contributed by atoms with van der Waals surface area (Å²) in [6, 6.07) is 2.35. The van der Waals surface area contributed by atoms with E-state index in [1.54, 1.807) is 0 Å². The Kier molecular flexibility index (Phi) is 6.50. The highest BCUT2D eigenvalue weighted by molar-refractivity contribution is 5.94. The van der Waals surface area contributed by atoms with E-state index >= 15 is 0 Å². The monoisotopic (exact) mass is 284 g/mol. The van der Waals surface area contributed by atoms with Gasteiger partial charge >= 0.3 is 6.61 Å². The molecule has 1 rings (SSSR count). The molecule has 102 valence electrons. The number of rotatable bonds is 4. The van der Waals surface area contributed by atoms with Gasteiger partial charge in [0.25, 0.3) is 0 Å². The van der Waals surface area contributed by atoms with Crippen molar-refractivity contribution in [3.8, 4) is 5.75 Å². The fraction of sp³-hybridized carbons (Fsp3) is 0.300. The lowest BCUT2D eigenvalue weighted by molar-refractivity contribution is -0.117. The molecule has 8 heteroatoms. The van der Waals surface area contributed by atoms with Crippen LogP contribution in [0.15, 0.2) is 18.2 Å². The largest absolute Gasteiger partial charge is 0.432 e. The number of ether oxygens (including phenoxy) is 1. The maximum absolute atomic E-state index is 13.2. The van der Waals surface area contributed by atoms with Crippen molar-refractivity contribution in [1.82, 2.24) is 0 Å². The fourth-order valence-corrected chi connectivity index (χ4v) is 1.03. The molecule has 1 aromatic rings. The number of carbonyl (C=O) groups is 1. The van der Waals surface area contributed by atoms with Crippen LogP contribution in [0.25, 0.3) is 0 Å². The molecule has 0 radical (unpaired) electrons. The Bertz CT molecular complexity index is 416. The van der Waals surface area contributed by atoms with Gasteiger partial charge in [-0.25, -0.2) is 4.39 Å². The average molecular weight is 285 g/mol.